The van der Waals surface area contributed by atoms with Gasteiger partial charge in [0, 0.05) is 33.6 Å². The minimum Gasteiger partial charge on any atom is -0.345 e. The van der Waals surface area contributed by atoms with Crippen LogP contribution in [0, 0.1) is 12.3 Å². The van der Waals surface area contributed by atoms with E-state index in [-0.39, 0.29) is 54.4 Å². The maximum atomic E-state index is 11.0. The third-order valence-corrected chi connectivity index (χ3v) is 3.62. The van der Waals surface area contributed by atoms with Crippen molar-refractivity contribution >= 4 is 64.7 Å². The molecule has 1 aromatic heterocycles. The van der Waals surface area contributed by atoms with Gasteiger partial charge in [-0.3, -0.25) is 24.0 Å². The molecule has 0 radical (unpaired) electrons. The predicted octanol–water partition coefficient (Wildman–Crippen LogP) is -0.831. The van der Waals surface area contributed by atoms with Gasteiger partial charge in [0.25, 0.3) is 11.8 Å². The first-order chi connectivity index (χ1) is 16.8. The number of halogens is 2. The molecule has 196 valence electrons. The van der Waals surface area contributed by atoms with E-state index in [4.69, 9.17) is 29.6 Å². The van der Waals surface area contributed by atoms with Gasteiger partial charge in [-0.05, 0) is 23.2 Å². The number of aromatic nitrogens is 3. The number of carbonyl (C=O) groups excluding carboxylic acids is 6. The average Bonchev–Trinajstić information content (AvgIpc) is 3.08. The summed E-state index contributed by atoms with van der Waals surface area (Å²) in [6.45, 7) is 4.22. The topological polar surface area (TPSA) is 202 Å². The van der Waals surface area contributed by atoms with Gasteiger partial charge in [0.1, 0.15) is 6.54 Å². The Hall–Kier alpha value is -4.03. The molecule has 5 amide bonds. The van der Waals surface area contributed by atoms with Gasteiger partial charge in [0.2, 0.25) is 34.2 Å². The average molecular weight is 547 g/mol. The fourth-order valence-corrected chi connectivity index (χ4v) is 2.18. The van der Waals surface area contributed by atoms with Crippen LogP contribution in [0.3, 0.4) is 0 Å². The fourth-order valence-electron chi connectivity index (χ4n) is 1.82. The van der Waals surface area contributed by atoms with Crippen molar-refractivity contribution in [2.45, 2.75) is 33.6 Å². The van der Waals surface area contributed by atoms with Crippen molar-refractivity contribution < 1.29 is 33.6 Å². The Morgan fingerprint density at radius 3 is 1.83 bits per heavy atom. The summed E-state index contributed by atoms with van der Waals surface area (Å²) in [4.78, 5) is 79.4. The normalized spacial score (nSPS) is 11.5. The molecule has 1 aromatic rings. The van der Waals surface area contributed by atoms with E-state index in [2.05, 4.69) is 47.0 Å². The molecule has 1 aliphatic heterocycles. The SMILES string of the molecule is C#CCNC(C)=O.CC(=O)NCC(=O)ON1C(=O)CCC1=O.CC(=O)NCNc1nc(Cl)nc(Cl)n1. The first kappa shape index (κ1) is 32.0. The van der Waals surface area contributed by atoms with Crippen molar-refractivity contribution in [2.75, 3.05) is 25.1 Å². The van der Waals surface area contributed by atoms with E-state index in [1.165, 1.54) is 20.8 Å². The van der Waals surface area contributed by atoms with Gasteiger partial charge in [0.15, 0.2) is 0 Å². The number of terminal acetylenes is 1. The zero-order valence-electron chi connectivity index (χ0n) is 19.5. The molecule has 1 fully saturated rings. The van der Waals surface area contributed by atoms with E-state index in [0.717, 1.165) is 0 Å². The van der Waals surface area contributed by atoms with Gasteiger partial charge in [-0.2, -0.15) is 15.0 Å². The Morgan fingerprint density at radius 1 is 0.917 bits per heavy atom. The minimum absolute atomic E-state index is 0.00433. The van der Waals surface area contributed by atoms with Crippen molar-refractivity contribution in [1.82, 2.24) is 36.0 Å². The summed E-state index contributed by atoms with van der Waals surface area (Å²) in [6, 6.07) is 0. The molecular formula is C19H24Cl2N8O7. The first-order valence-electron chi connectivity index (χ1n) is 9.90. The molecule has 15 nitrogen and oxygen atoms in total. The molecule has 2 heterocycles. The quantitative estimate of drug-likeness (QED) is 0.189. The summed E-state index contributed by atoms with van der Waals surface area (Å²) < 4.78 is 0. The molecule has 0 saturated carbocycles. The minimum atomic E-state index is -0.853. The molecule has 0 spiro atoms. The van der Waals surface area contributed by atoms with Crippen LogP contribution in [0.2, 0.25) is 10.6 Å². The summed E-state index contributed by atoms with van der Waals surface area (Å²) in [5.74, 6) is -0.110. The Labute approximate surface area is 216 Å². The molecule has 0 bridgehead atoms. The van der Waals surface area contributed by atoms with Crippen LogP contribution in [-0.2, 0) is 33.6 Å². The lowest BCUT2D eigenvalue weighted by molar-refractivity contribution is -0.196. The molecule has 0 unspecified atom stereocenters. The molecular weight excluding hydrogens is 523 g/mol. The maximum Gasteiger partial charge on any atom is 0.352 e. The van der Waals surface area contributed by atoms with Crippen molar-refractivity contribution in [1.29, 1.82) is 0 Å². The maximum absolute atomic E-state index is 11.0. The monoisotopic (exact) mass is 546 g/mol. The van der Waals surface area contributed by atoms with Crippen molar-refractivity contribution in [2.24, 2.45) is 0 Å². The van der Waals surface area contributed by atoms with Crippen LogP contribution in [0.4, 0.5) is 5.95 Å². The number of hydroxylamine groups is 2. The third-order valence-electron chi connectivity index (χ3n) is 3.28. The lowest BCUT2D eigenvalue weighted by atomic mass is 10.4. The number of nitrogens with zero attached hydrogens (tertiary/aromatic N) is 4. The van der Waals surface area contributed by atoms with Crippen LogP contribution < -0.4 is 21.3 Å². The smallest absolute Gasteiger partial charge is 0.345 e. The molecule has 36 heavy (non-hydrogen) atoms. The number of carbonyl (C=O) groups is 6. The third kappa shape index (κ3) is 15.7. The van der Waals surface area contributed by atoms with Gasteiger partial charge in [-0.25, -0.2) is 4.79 Å². The highest BCUT2D eigenvalue weighted by atomic mass is 35.5. The molecule has 1 saturated heterocycles. The van der Waals surface area contributed by atoms with Crippen LogP contribution in [-0.4, -0.2) is 75.3 Å². The van der Waals surface area contributed by atoms with Crippen molar-refractivity contribution in [3.8, 4) is 12.3 Å². The van der Waals surface area contributed by atoms with Gasteiger partial charge in [-0.15, -0.1) is 11.5 Å². The highest BCUT2D eigenvalue weighted by Gasteiger charge is 2.32. The summed E-state index contributed by atoms with van der Waals surface area (Å²) >= 11 is 11.0. The summed E-state index contributed by atoms with van der Waals surface area (Å²) in [5, 5.41) is 10.2. The molecule has 0 aromatic carbocycles. The number of rotatable bonds is 7. The Kier molecular flexibility index (Phi) is 15.5. The lowest BCUT2D eigenvalue weighted by Gasteiger charge is -2.12. The predicted molar refractivity (Wildman–Crippen MR) is 126 cm³/mol. The second-order valence-electron chi connectivity index (χ2n) is 6.35. The fraction of sp³-hybridized carbons (Fsp3) is 0.421. The van der Waals surface area contributed by atoms with Crippen LogP contribution in [0.5, 0.6) is 0 Å². The van der Waals surface area contributed by atoms with Crippen LogP contribution in [0.25, 0.3) is 0 Å². The zero-order chi connectivity index (χ0) is 27.7. The zero-order valence-corrected chi connectivity index (χ0v) is 21.0. The van der Waals surface area contributed by atoms with E-state index in [0.29, 0.717) is 11.6 Å². The lowest BCUT2D eigenvalue weighted by Crippen LogP contribution is -2.37. The van der Waals surface area contributed by atoms with E-state index in [1.807, 2.05) is 0 Å². The number of anilines is 1. The van der Waals surface area contributed by atoms with Gasteiger partial charge in [0.05, 0.1) is 13.2 Å². The van der Waals surface area contributed by atoms with E-state index < -0.39 is 23.7 Å². The number of nitrogens with one attached hydrogen (secondary N) is 4. The summed E-state index contributed by atoms with van der Waals surface area (Å²) in [6.07, 6.45) is 4.91. The molecule has 2 rings (SSSR count). The number of hydrogen-bond donors (Lipinski definition) is 4. The van der Waals surface area contributed by atoms with Gasteiger partial charge < -0.3 is 26.1 Å². The molecule has 1 aliphatic rings. The molecule has 0 atom stereocenters. The first-order valence-corrected chi connectivity index (χ1v) is 10.7. The Bertz CT molecular complexity index is 980. The van der Waals surface area contributed by atoms with Crippen molar-refractivity contribution in [3.63, 3.8) is 0 Å². The second-order valence-corrected chi connectivity index (χ2v) is 7.03. The Balaban J connectivity index is 0.000000545. The molecule has 17 heteroatoms. The highest BCUT2D eigenvalue weighted by Crippen LogP contribution is 2.11. The van der Waals surface area contributed by atoms with Crippen LogP contribution in [0.15, 0.2) is 0 Å². The summed E-state index contributed by atoms with van der Waals surface area (Å²) in [7, 11) is 0. The highest BCUT2D eigenvalue weighted by molar-refractivity contribution is 6.31. The van der Waals surface area contributed by atoms with Gasteiger partial charge in [-0.1, -0.05) is 5.92 Å². The van der Waals surface area contributed by atoms with E-state index in [9.17, 15) is 28.8 Å². The second kappa shape index (κ2) is 17.4. The standard InChI is InChI=1S/C8H10N2O5.C6H7Cl2N5O.C5H7NO/c1-5(11)9-4-8(14)15-10-6(12)2-3-7(10)13;1-3(14)9-2-10-6-12-4(7)11-5(8)13-6;1-3-4-6-5(2)7/h2-4H2,1H3,(H,9,11);2H2,1H3,(H,9,14)(H,10,11,12,13);1H,4H2,2H3,(H,6,7). The number of hydrogen-bond acceptors (Lipinski definition) is 11. The number of imide groups is 1. The summed E-state index contributed by atoms with van der Waals surface area (Å²) in [5.41, 5.74) is 0. The molecule has 0 aliphatic carbocycles. The Morgan fingerprint density at radius 2 is 1.42 bits per heavy atom. The van der Waals surface area contributed by atoms with E-state index in [1.54, 1.807) is 0 Å². The largest absolute Gasteiger partial charge is 0.352 e. The molecule has 4 N–H and O–H groups in total. The van der Waals surface area contributed by atoms with Crippen LogP contribution in [0.1, 0.15) is 33.6 Å². The van der Waals surface area contributed by atoms with E-state index >= 15 is 0 Å². The van der Waals surface area contributed by atoms with Gasteiger partial charge >= 0.3 is 5.97 Å². The van der Waals surface area contributed by atoms with Crippen molar-refractivity contribution in [3.05, 3.63) is 10.6 Å². The van der Waals surface area contributed by atoms with Crippen LogP contribution >= 0.6 is 23.2 Å². The number of amides is 5.